The summed E-state index contributed by atoms with van der Waals surface area (Å²) in [6.07, 6.45) is 2.35. The summed E-state index contributed by atoms with van der Waals surface area (Å²) >= 11 is 1.62. The van der Waals surface area contributed by atoms with Crippen molar-refractivity contribution in [2.45, 2.75) is 46.2 Å². The Bertz CT molecular complexity index is 967. The second-order valence-corrected chi connectivity index (χ2v) is 9.21. The minimum absolute atomic E-state index is 0.156. The summed E-state index contributed by atoms with van der Waals surface area (Å²) in [6.45, 7) is 6.79. The van der Waals surface area contributed by atoms with Gasteiger partial charge in [-0.05, 0) is 36.2 Å². The Morgan fingerprint density at radius 3 is 2.58 bits per heavy atom. The van der Waals surface area contributed by atoms with E-state index in [2.05, 4.69) is 41.4 Å². The smallest absolute Gasteiger partial charge is 0.326 e. The molecule has 4 rings (SSSR count). The highest BCUT2D eigenvalue weighted by atomic mass is 32.1. The summed E-state index contributed by atoms with van der Waals surface area (Å²) in [5.41, 5.74) is 1.37. The number of fused-ring (bicyclic) bond motifs is 3. The number of anilines is 1. The van der Waals surface area contributed by atoms with Crippen LogP contribution in [-0.4, -0.2) is 15.9 Å². The van der Waals surface area contributed by atoms with Crippen molar-refractivity contribution in [2.24, 2.45) is 11.3 Å². The van der Waals surface area contributed by atoms with Gasteiger partial charge in [0.1, 0.15) is 11.2 Å². The molecule has 7 nitrogen and oxygen atoms in total. The zero-order valence-corrected chi connectivity index (χ0v) is 15.8. The van der Waals surface area contributed by atoms with Crippen molar-refractivity contribution in [3.63, 3.8) is 0 Å². The number of H-pyrrole nitrogens is 2. The number of carbonyl (C=O) groups is 1. The summed E-state index contributed by atoms with van der Waals surface area (Å²) < 4.78 is 0. The van der Waals surface area contributed by atoms with Crippen LogP contribution < -0.4 is 21.9 Å². The van der Waals surface area contributed by atoms with Crippen molar-refractivity contribution >= 4 is 22.2 Å². The number of nitrogens with one attached hydrogen (secondary N) is 4. The lowest BCUT2D eigenvalue weighted by molar-refractivity contribution is 0.0934. The standard InChI is InChI=1S/C18H22N4O3S/c1-18(2,3)8-4-5-9-11(6-8)26-16-13(9)15(24)21-14(22-16)10-7-12(23)20-17(25)19-10/h7-8,14,22H,4-6H2,1-3H3,(H,21,24)(H2,19,20,23,25)/t8-,14-/m0/s1. The quantitative estimate of drug-likeness (QED) is 0.613. The molecule has 4 N–H and O–H groups in total. The molecule has 1 aliphatic heterocycles. The van der Waals surface area contributed by atoms with Gasteiger partial charge in [-0.3, -0.25) is 14.6 Å². The van der Waals surface area contributed by atoms with Gasteiger partial charge in [-0.2, -0.15) is 0 Å². The van der Waals surface area contributed by atoms with Crippen LogP contribution >= 0.6 is 11.3 Å². The molecule has 0 unspecified atom stereocenters. The molecule has 2 aliphatic rings. The first-order chi connectivity index (χ1) is 12.2. The number of thiophene rings is 1. The van der Waals surface area contributed by atoms with Crippen LogP contribution in [0.1, 0.15) is 59.9 Å². The Kier molecular flexibility index (Phi) is 3.83. The van der Waals surface area contributed by atoms with Crippen molar-refractivity contribution in [1.29, 1.82) is 0 Å². The van der Waals surface area contributed by atoms with Gasteiger partial charge in [-0.25, -0.2) is 4.79 Å². The molecule has 1 aliphatic carbocycles. The molecule has 2 atom stereocenters. The summed E-state index contributed by atoms with van der Waals surface area (Å²) in [7, 11) is 0. The fourth-order valence-corrected chi connectivity index (χ4v) is 5.19. The Morgan fingerprint density at radius 1 is 1.12 bits per heavy atom. The highest BCUT2D eigenvalue weighted by Gasteiger charge is 2.36. The average molecular weight is 374 g/mol. The number of carbonyl (C=O) groups excluding carboxylic acids is 1. The predicted molar refractivity (Wildman–Crippen MR) is 101 cm³/mol. The van der Waals surface area contributed by atoms with Crippen molar-refractivity contribution in [1.82, 2.24) is 15.3 Å². The molecular formula is C18H22N4O3S. The SMILES string of the molecule is CC(C)(C)[C@H]1CCc2c(sc3c2C(=O)N[C@H](c2cc(=O)[nH]c(=O)[nH]2)N3)C1. The van der Waals surface area contributed by atoms with Gasteiger partial charge < -0.3 is 15.6 Å². The first-order valence-electron chi connectivity index (χ1n) is 8.78. The number of hydrogen-bond donors (Lipinski definition) is 4. The van der Waals surface area contributed by atoms with Crippen LogP contribution in [0.2, 0.25) is 0 Å². The first kappa shape index (κ1) is 17.1. The van der Waals surface area contributed by atoms with Crippen molar-refractivity contribution in [3.05, 3.63) is 48.6 Å². The molecule has 0 bridgehead atoms. The van der Waals surface area contributed by atoms with Gasteiger partial charge in [0.05, 0.1) is 11.3 Å². The first-order valence-corrected chi connectivity index (χ1v) is 9.59. The van der Waals surface area contributed by atoms with Gasteiger partial charge in [0.2, 0.25) is 0 Å². The molecule has 8 heteroatoms. The lowest BCUT2D eigenvalue weighted by atomic mass is 9.72. The van der Waals surface area contributed by atoms with Gasteiger partial charge in [-0.15, -0.1) is 11.3 Å². The largest absolute Gasteiger partial charge is 0.351 e. The minimum atomic E-state index is -0.622. The number of aromatic nitrogens is 2. The predicted octanol–water partition coefficient (Wildman–Crippen LogP) is 2.13. The third-order valence-corrected chi connectivity index (χ3v) is 6.55. The maximum Gasteiger partial charge on any atom is 0.326 e. The molecular weight excluding hydrogens is 352 g/mol. The van der Waals surface area contributed by atoms with Crippen LogP contribution in [-0.2, 0) is 12.8 Å². The molecule has 2 aromatic heterocycles. The Hall–Kier alpha value is -2.35. The molecule has 0 fully saturated rings. The molecule has 26 heavy (non-hydrogen) atoms. The zero-order chi connectivity index (χ0) is 18.6. The van der Waals surface area contributed by atoms with Crippen molar-refractivity contribution in [2.75, 3.05) is 5.32 Å². The van der Waals surface area contributed by atoms with E-state index in [1.54, 1.807) is 11.3 Å². The molecule has 0 saturated heterocycles. The van der Waals surface area contributed by atoms with Crippen LogP contribution in [0.5, 0.6) is 0 Å². The molecule has 0 saturated carbocycles. The maximum absolute atomic E-state index is 12.7. The van der Waals surface area contributed by atoms with Gasteiger partial charge in [0, 0.05) is 10.9 Å². The molecule has 138 valence electrons. The normalized spacial score (nSPS) is 22.2. The third-order valence-electron chi connectivity index (χ3n) is 5.36. The van der Waals surface area contributed by atoms with Gasteiger partial charge in [0.25, 0.3) is 11.5 Å². The highest BCUT2D eigenvalue weighted by molar-refractivity contribution is 7.16. The van der Waals surface area contributed by atoms with Crippen LogP contribution in [0.4, 0.5) is 5.00 Å². The Labute approximate surface area is 154 Å². The average Bonchev–Trinajstić information content (AvgIpc) is 2.90. The van der Waals surface area contributed by atoms with E-state index in [4.69, 9.17) is 0 Å². The van der Waals surface area contributed by atoms with E-state index in [9.17, 15) is 14.4 Å². The van der Waals surface area contributed by atoms with Gasteiger partial charge >= 0.3 is 5.69 Å². The van der Waals surface area contributed by atoms with E-state index in [0.717, 1.165) is 35.4 Å². The lowest BCUT2D eigenvalue weighted by Gasteiger charge is -2.34. The van der Waals surface area contributed by atoms with Crippen molar-refractivity contribution < 1.29 is 4.79 Å². The fraction of sp³-hybridized carbons (Fsp3) is 0.500. The number of amides is 1. The highest BCUT2D eigenvalue weighted by Crippen LogP contribution is 2.45. The molecule has 3 heterocycles. The van der Waals surface area contributed by atoms with E-state index in [1.807, 2.05) is 0 Å². The van der Waals surface area contributed by atoms with E-state index in [1.165, 1.54) is 10.9 Å². The van der Waals surface area contributed by atoms with E-state index in [-0.39, 0.29) is 11.3 Å². The summed E-state index contributed by atoms with van der Waals surface area (Å²) in [5, 5.41) is 6.95. The van der Waals surface area contributed by atoms with Crippen LogP contribution in [0.25, 0.3) is 0 Å². The molecule has 2 aromatic rings. The van der Waals surface area contributed by atoms with E-state index in [0.29, 0.717) is 11.6 Å². The van der Waals surface area contributed by atoms with E-state index < -0.39 is 17.4 Å². The van der Waals surface area contributed by atoms with Crippen molar-refractivity contribution in [3.8, 4) is 0 Å². The molecule has 0 radical (unpaired) electrons. The second-order valence-electron chi connectivity index (χ2n) is 8.11. The van der Waals surface area contributed by atoms with Gasteiger partial charge in [-0.1, -0.05) is 20.8 Å². The van der Waals surface area contributed by atoms with Crippen LogP contribution in [0, 0.1) is 11.3 Å². The number of hydrogen-bond acceptors (Lipinski definition) is 5. The Morgan fingerprint density at radius 2 is 1.88 bits per heavy atom. The van der Waals surface area contributed by atoms with Crippen LogP contribution in [0.3, 0.4) is 0 Å². The van der Waals surface area contributed by atoms with Crippen LogP contribution in [0.15, 0.2) is 15.7 Å². The third kappa shape index (κ3) is 2.88. The number of rotatable bonds is 1. The van der Waals surface area contributed by atoms with E-state index >= 15 is 0 Å². The maximum atomic E-state index is 12.7. The summed E-state index contributed by atoms with van der Waals surface area (Å²) in [5.74, 6) is 0.439. The lowest BCUT2D eigenvalue weighted by Crippen LogP contribution is -2.40. The molecule has 1 amide bonds. The topological polar surface area (TPSA) is 107 Å². The second kappa shape index (κ2) is 5.84. The number of aromatic amines is 2. The fourth-order valence-electron chi connectivity index (χ4n) is 3.84. The Balaban J connectivity index is 1.68. The van der Waals surface area contributed by atoms with Gasteiger partial charge in [0.15, 0.2) is 0 Å². The zero-order valence-electron chi connectivity index (χ0n) is 15.0. The minimum Gasteiger partial charge on any atom is -0.351 e. The molecule has 0 aromatic carbocycles. The summed E-state index contributed by atoms with van der Waals surface area (Å²) in [4.78, 5) is 41.8. The monoisotopic (exact) mass is 374 g/mol. The summed E-state index contributed by atoms with van der Waals surface area (Å²) in [6, 6.07) is 1.29. The molecule has 0 spiro atoms.